The minimum atomic E-state index is -0.478. The molecule has 0 fully saturated rings. The fourth-order valence-electron chi connectivity index (χ4n) is 2.47. The summed E-state index contributed by atoms with van der Waals surface area (Å²) in [6.07, 6.45) is 3.31. The molecule has 3 rings (SSSR count). The molecular formula is C21H19N3O3S. The Hall–Kier alpha value is -3.32. The molecule has 2 N–H and O–H groups in total. The molecule has 0 saturated carbocycles. The molecule has 0 bridgehead atoms. The van der Waals surface area contributed by atoms with Gasteiger partial charge in [-0.1, -0.05) is 18.2 Å². The number of hydrogen-bond acceptors (Lipinski definition) is 6. The standard InChI is InChI=1S/C21H19N3O3S/c1-27-19-10-9-15(12-16(19)14-28-20-8-4-5-11-22-20)13-23-24-21(26)17-6-2-3-7-18(17)25/h2-13,25H,14H2,1H3,(H,24,26)/b23-13-. The molecule has 0 aliphatic rings. The number of aromatic hydroxyl groups is 1. The van der Waals surface area contributed by atoms with E-state index in [4.69, 9.17) is 4.74 Å². The third kappa shape index (κ3) is 5.11. The summed E-state index contributed by atoms with van der Waals surface area (Å²) in [5.74, 6) is 0.896. The number of phenolic OH excluding ortho intramolecular Hbond substituents is 1. The second-order valence-electron chi connectivity index (χ2n) is 5.74. The van der Waals surface area contributed by atoms with Crippen molar-refractivity contribution in [3.05, 3.63) is 83.6 Å². The Labute approximate surface area is 167 Å². The molecule has 7 heteroatoms. The van der Waals surface area contributed by atoms with E-state index in [2.05, 4.69) is 15.5 Å². The van der Waals surface area contributed by atoms with Gasteiger partial charge in [-0.25, -0.2) is 10.4 Å². The number of phenols is 1. The molecule has 0 aliphatic carbocycles. The molecule has 0 spiro atoms. The number of thioether (sulfide) groups is 1. The number of para-hydroxylation sites is 1. The highest BCUT2D eigenvalue weighted by atomic mass is 32.2. The van der Waals surface area contributed by atoms with Crippen LogP contribution in [-0.4, -0.2) is 29.3 Å². The number of nitrogens with zero attached hydrogens (tertiary/aromatic N) is 2. The minimum absolute atomic E-state index is 0.0894. The Kier molecular flexibility index (Phi) is 6.64. The Morgan fingerprint density at radius 2 is 2.04 bits per heavy atom. The predicted octanol–water partition coefficient (Wildman–Crippen LogP) is 3.85. The summed E-state index contributed by atoms with van der Waals surface area (Å²) in [5.41, 5.74) is 4.40. The van der Waals surface area contributed by atoms with E-state index in [1.54, 1.807) is 43.4 Å². The summed E-state index contributed by atoms with van der Waals surface area (Å²) in [7, 11) is 1.63. The van der Waals surface area contributed by atoms with Gasteiger partial charge in [0.25, 0.3) is 5.91 Å². The second kappa shape index (κ2) is 9.57. The van der Waals surface area contributed by atoms with E-state index < -0.39 is 5.91 Å². The third-order valence-corrected chi connectivity index (χ3v) is 4.84. The van der Waals surface area contributed by atoms with Crippen LogP contribution in [-0.2, 0) is 5.75 Å². The Bertz CT molecular complexity index is 978. The zero-order valence-electron chi connectivity index (χ0n) is 15.2. The molecule has 0 aliphatic heterocycles. The van der Waals surface area contributed by atoms with Gasteiger partial charge in [0.15, 0.2) is 0 Å². The fraction of sp³-hybridized carbons (Fsp3) is 0.0952. The van der Waals surface area contributed by atoms with Crippen molar-refractivity contribution in [2.24, 2.45) is 5.10 Å². The predicted molar refractivity (Wildman–Crippen MR) is 110 cm³/mol. The lowest BCUT2D eigenvalue weighted by molar-refractivity contribution is 0.0952. The number of hydrazone groups is 1. The van der Waals surface area contributed by atoms with Crippen LogP contribution in [0.25, 0.3) is 0 Å². The molecule has 0 radical (unpaired) electrons. The Morgan fingerprint density at radius 3 is 2.79 bits per heavy atom. The average Bonchev–Trinajstić information content (AvgIpc) is 2.73. The lowest BCUT2D eigenvalue weighted by atomic mass is 10.1. The van der Waals surface area contributed by atoms with Crippen LogP contribution >= 0.6 is 11.8 Å². The number of carbonyl (C=O) groups is 1. The number of ether oxygens (including phenoxy) is 1. The van der Waals surface area contributed by atoms with Gasteiger partial charge in [0.1, 0.15) is 11.5 Å². The quantitative estimate of drug-likeness (QED) is 0.362. The van der Waals surface area contributed by atoms with E-state index in [0.29, 0.717) is 5.75 Å². The van der Waals surface area contributed by atoms with Crippen LogP contribution in [0.15, 0.2) is 77.0 Å². The molecule has 3 aromatic rings. The van der Waals surface area contributed by atoms with E-state index in [-0.39, 0.29) is 11.3 Å². The highest BCUT2D eigenvalue weighted by molar-refractivity contribution is 7.98. The largest absolute Gasteiger partial charge is 0.507 e. The highest BCUT2D eigenvalue weighted by Crippen LogP contribution is 2.27. The first-order valence-corrected chi connectivity index (χ1v) is 9.48. The summed E-state index contributed by atoms with van der Waals surface area (Å²) >= 11 is 1.61. The van der Waals surface area contributed by atoms with Crippen molar-refractivity contribution in [3.63, 3.8) is 0 Å². The number of hydrogen-bond donors (Lipinski definition) is 2. The number of amides is 1. The van der Waals surface area contributed by atoms with Gasteiger partial charge in [0, 0.05) is 17.5 Å². The van der Waals surface area contributed by atoms with Crippen molar-refractivity contribution in [3.8, 4) is 11.5 Å². The van der Waals surface area contributed by atoms with Crippen molar-refractivity contribution in [1.82, 2.24) is 10.4 Å². The lowest BCUT2D eigenvalue weighted by Gasteiger charge is -2.09. The van der Waals surface area contributed by atoms with E-state index in [9.17, 15) is 9.90 Å². The Morgan fingerprint density at radius 1 is 1.21 bits per heavy atom. The molecule has 1 amide bonds. The molecule has 0 atom stereocenters. The van der Waals surface area contributed by atoms with Crippen LogP contribution in [0.3, 0.4) is 0 Å². The van der Waals surface area contributed by atoms with Crippen molar-refractivity contribution in [2.75, 3.05) is 7.11 Å². The van der Waals surface area contributed by atoms with Crippen LogP contribution < -0.4 is 10.2 Å². The summed E-state index contributed by atoms with van der Waals surface area (Å²) in [5, 5.41) is 14.6. The highest BCUT2D eigenvalue weighted by Gasteiger charge is 2.09. The number of carbonyl (C=O) groups excluding carboxylic acids is 1. The lowest BCUT2D eigenvalue weighted by Crippen LogP contribution is -2.17. The van der Waals surface area contributed by atoms with Gasteiger partial charge >= 0.3 is 0 Å². The van der Waals surface area contributed by atoms with E-state index in [1.165, 1.54) is 12.1 Å². The molecule has 6 nitrogen and oxygen atoms in total. The SMILES string of the molecule is COc1ccc(/C=N\NC(=O)c2ccccc2O)cc1CSc1ccccn1. The maximum absolute atomic E-state index is 12.1. The Balaban J connectivity index is 1.67. The maximum atomic E-state index is 12.1. The van der Waals surface area contributed by atoms with Gasteiger partial charge in [-0.15, -0.1) is 11.8 Å². The van der Waals surface area contributed by atoms with Crippen LogP contribution in [0.5, 0.6) is 11.5 Å². The molecule has 1 aromatic heterocycles. The second-order valence-corrected chi connectivity index (χ2v) is 6.74. The smallest absolute Gasteiger partial charge is 0.275 e. The van der Waals surface area contributed by atoms with E-state index >= 15 is 0 Å². The van der Waals surface area contributed by atoms with E-state index in [0.717, 1.165) is 21.9 Å². The van der Waals surface area contributed by atoms with Gasteiger partial charge in [-0.3, -0.25) is 4.79 Å². The minimum Gasteiger partial charge on any atom is -0.507 e. The van der Waals surface area contributed by atoms with Gasteiger partial charge in [-0.2, -0.15) is 5.10 Å². The van der Waals surface area contributed by atoms with Gasteiger partial charge in [-0.05, 0) is 48.0 Å². The van der Waals surface area contributed by atoms with Crippen molar-refractivity contribution >= 4 is 23.9 Å². The molecule has 1 heterocycles. The van der Waals surface area contributed by atoms with Crippen molar-refractivity contribution in [2.45, 2.75) is 10.8 Å². The van der Waals surface area contributed by atoms with Crippen LogP contribution in [0, 0.1) is 0 Å². The summed E-state index contributed by atoms with van der Waals surface area (Å²) in [6.45, 7) is 0. The fourth-order valence-corrected chi connectivity index (χ4v) is 3.31. The number of methoxy groups -OCH3 is 1. The van der Waals surface area contributed by atoms with Crippen molar-refractivity contribution in [1.29, 1.82) is 0 Å². The number of aromatic nitrogens is 1. The normalized spacial score (nSPS) is 10.8. The van der Waals surface area contributed by atoms with Crippen LogP contribution in [0.1, 0.15) is 21.5 Å². The average molecular weight is 393 g/mol. The van der Waals surface area contributed by atoms with Gasteiger partial charge in [0.05, 0.1) is 23.9 Å². The number of rotatable bonds is 7. The molecule has 28 heavy (non-hydrogen) atoms. The van der Waals surface area contributed by atoms with Crippen molar-refractivity contribution < 1.29 is 14.6 Å². The first-order chi connectivity index (χ1) is 13.7. The maximum Gasteiger partial charge on any atom is 0.275 e. The molecule has 142 valence electrons. The summed E-state index contributed by atoms with van der Waals surface area (Å²) in [4.78, 5) is 16.4. The van der Waals surface area contributed by atoms with E-state index in [1.807, 2.05) is 36.4 Å². The first kappa shape index (κ1) is 19.4. The summed E-state index contributed by atoms with van der Waals surface area (Å²) < 4.78 is 5.43. The molecule has 0 saturated heterocycles. The summed E-state index contributed by atoms with van der Waals surface area (Å²) in [6, 6.07) is 17.7. The number of benzene rings is 2. The topological polar surface area (TPSA) is 83.8 Å². The molecular weight excluding hydrogens is 374 g/mol. The molecule has 0 unspecified atom stereocenters. The molecule has 2 aromatic carbocycles. The van der Waals surface area contributed by atoms with Gasteiger partial charge in [0.2, 0.25) is 0 Å². The van der Waals surface area contributed by atoms with Crippen LogP contribution in [0.4, 0.5) is 0 Å². The number of pyridine rings is 1. The monoisotopic (exact) mass is 393 g/mol. The zero-order valence-corrected chi connectivity index (χ0v) is 16.0. The first-order valence-electron chi connectivity index (χ1n) is 8.49. The van der Waals surface area contributed by atoms with Gasteiger partial charge < -0.3 is 9.84 Å². The number of nitrogens with one attached hydrogen (secondary N) is 1. The third-order valence-electron chi connectivity index (χ3n) is 3.85. The zero-order chi connectivity index (χ0) is 19.8. The van der Waals surface area contributed by atoms with Crippen LogP contribution in [0.2, 0.25) is 0 Å².